The molecule has 7 N–H and O–H groups in total. The van der Waals surface area contributed by atoms with Gasteiger partial charge in [0, 0.05) is 12.7 Å². The van der Waals surface area contributed by atoms with Crippen LogP contribution in [0.1, 0.15) is 13.8 Å². The molecule has 0 bridgehead atoms. The Hall–Kier alpha value is -0.820. The molecule has 0 unspecified atom stereocenters. The molecule has 90 valence electrons. The molecule has 0 saturated heterocycles. The van der Waals surface area contributed by atoms with Gasteiger partial charge in [-0.3, -0.25) is 0 Å². The maximum Gasteiger partial charge on any atom is 0.0876 e. The number of rotatable bonds is 7. The summed E-state index contributed by atoms with van der Waals surface area (Å²) in [6.45, 7) is 4.75. The van der Waals surface area contributed by atoms with Crippen LogP contribution in [0.3, 0.4) is 0 Å². The van der Waals surface area contributed by atoms with Crippen LogP contribution >= 0.6 is 0 Å². The van der Waals surface area contributed by atoms with Gasteiger partial charge in [0.05, 0.1) is 31.1 Å². The predicted molar refractivity (Wildman–Crippen MR) is 59.3 cm³/mol. The summed E-state index contributed by atoms with van der Waals surface area (Å²) in [4.78, 5) is 0. The molecule has 6 heteroatoms. The molecule has 15 heavy (non-hydrogen) atoms. The minimum absolute atomic E-state index is 0.0586. The van der Waals surface area contributed by atoms with Gasteiger partial charge in [0.1, 0.15) is 0 Å². The molecule has 0 aliphatic carbocycles. The van der Waals surface area contributed by atoms with Gasteiger partial charge in [0.25, 0.3) is 0 Å². The normalized spacial score (nSPS) is 13.0. The fourth-order valence-electron chi connectivity index (χ4n) is 0.746. The SMILES string of the molecule is CC(C)(CO)N(N)/C=C(\N)COCCN. The Morgan fingerprint density at radius 1 is 1.53 bits per heavy atom. The Morgan fingerprint density at radius 2 is 2.13 bits per heavy atom. The van der Waals surface area contributed by atoms with Crippen molar-refractivity contribution < 1.29 is 9.84 Å². The molecule has 0 atom stereocenters. The van der Waals surface area contributed by atoms with Gasteiger partial charge in [-0.2, -0.15) is 0 Å². The minimum Gasteiger partial charge on any atom is -0.399 e. The molecule has 0 amide bonds. The van der Waals surface area contributed by atoms with E-state index in [-0.39, 0.29) is 13.2 Å². The summed E-state index contributed by atoms with van der Waals surface area (Å²) in [5, 5.41) is 10.4. The lowest BCUT2D eigenvalue weighted by atomic mass is 10.1. The molecule has 0 spiro atoms. The number of nitrogens with zero attached hydrogens (tertiary/aromatic N) is 1. The van der Waals surface area contributed by atoms with Gasteiger partial charge in [0.2, 0.25) is 0 Å². The molecule has 0 saturated carbocycles. The van der Waals surface area contributed by atoms with Crippen molar-refractivity contribution in [1.29, 1.82) is 0 Å². The Balaban J connectivity index is 4.10. The van der Waals surface area contributed by atoms with Gasteiger partial charge >= 0.3 is 0 Å². The highest BCUT2D eigenvalue weighted by molar-refractivity contribution is 4.98. The topological polar surface area (TPSA) is 111 Å². The van der Waals surface area contributed by atoms with Crippen LogP contribution in [0.25, 0.3) is 0 Å². The molecular weight excluding hydrogens is 196 g/mol. The first-order valence-corrected chi connectivity index (χ1v) is 4.83. The molecule has 0 aromatic rings. The second kappa shape index (κ2) is 6.62. The zero-order valence-corrected chi connectivity index (χ0v) is 9.44. The molecule has 0 radical (unpaired) electrons. The van der Waals surface area contributed by atoms with Crippen LogP contribution in [0.2, 0.25) is 0 Å². The maximum atomic E-state index is 9.05. The lowest BCUT2D eigenvalue weighted by molar-refractivity contribution is 0.0935. The van der Waals surface area contributed by atoms with E-state index in [9.17, 15) is 0 Å². The van der Waals surface area contributed by atoms with Gasteiger partial charge in [-0.05, 0) is 13.8 Å². The number of aliphatic hydroxyl groups excluding tert-OH is 1. The largest absolute Gasteiger partial charge is 0.399 e. The summed E-state index contributed by atoms with van der Waals surface area (Å²) >= 11 is 0. The van der Waals surface area contributed by atoms with E-state index in [1.54, 1.807) is 20.0 Å². The third-order valence-corrected chi connectivity index (χ3v) is 1.92. The van der Waals surface area contributed by atoms with Crippen LogP contribution in [-0.2, 0) is 4.74 Å². The minimum atomic E-state index is -0.543. The van der Waals surface area contributed by atoms with Crippen molar-refractivity contribution in [3.8, 4) is 0 Å². The average Bonchev–Trinajstić information content (AvgIpc) is 2.18. The van der Waals surface area contributed by atoms with Crippen molar-refractivity contribution in [3.63, 3.8) is 0 Å². The summed E-state index contributed by atoms with van der Waals surface area (Å²) in [6.07, 6.45) is 1.55. The van der Waals surface area contributed by atoms with Crippen molar-refractivity contribution in [2.24, 2.45) is 17.3 Å². The van der Waals surface area contributed by atoms with Gasteiger partial charge in [0.15, 0.2) is 0 Å². The molecule has 0 aliphatic heterocycles. The second-order valence-corrected chi connectivity index (χ2v) is 3.92. The van der Waals surface area contributed by atoms with Crippen molar-refractivity contribution >= 4 is 0 Å². The lowest BCUT2D eigenvalue weighted by Crippen LogP contribution is -2.48. The van der Waals surface area contributed by atoms with Crippen molar-refractivity contribution in [2.75, 3.05) is 26.4 Å². The van der Waals surface area contributed by atoms with E-state index in [0.717, 1.165) is 0 Å². The molecular formula is C9H22N4O2. The fourth-order valence-corrected chi connectivity index (χ4v) is 0.746. The van der Waals surface area contributed by atoms with Crippen molar-refractivity contribution in [3.05, 3.63) is 11.9 Å². The van der Waals surface area contributed by atoms with E-state index in [4.69, 9.17) is 27.2 Å². The van der Waals surface area contributed by atoms with Crippen LogP contribution in [-0.4, -0.2) is 42.0 Å². The first-order chi connectivity index (χ1) is 6.94. The Kier molecular flexibility index (Phi) is 6.26. The maximum absolute atomic E-state index is 9.05. The molecule has 0 heterocycles. The summed E-state index contributed by atoms with van der Waals surface area (Å²) < 4.78 is 5.13. The number of nitrogens with two attached hydrogens (primary N) is 3. The fraction of sp³-hybridized carbons (Fsp3) is 0.778. The summed E-state index contributed by atoms with van der Waals surface area (Å²) in [6, 6.07) is 0. The van der Waals surface area contributed by atoms with Gasteiger partial charge in [-0.25, -0.2) is 5.84 Å². The van der Waals surface area contributed by atoms with Gasteiger partial charge < -0.3 is 26.3 Å². The van der Waals surface area contributed by atoms with E-state index in [2.05, 4.69) is 0 Å². The van der Waals surface area contributed by atoms with Crippen LogP contribution in [0, 0.1) is 0 Å². The smallest absolute Gasteiger partial charge is 0.0876 e. The molecule has 0 fully saturated rings. The van der Waals surface area contributed by atoms with E-state index >= 15 is 0 Å². The van der Waals surface area contributed by atoms with E-state index in [1.165, 1.54) is 5.01 Å². The van der Waals surface area contributed by atoms with Gasteiger partial charge in [-0.15, -0.1) is 0 Å². The van der Waals surface area contributed by atoms with Crippen LogP contribution in [0.5, 0.6) is 0 Å². The number of hydrogen-bond donors (Lipinski definition) is 4. The highest BCUT2D eigenvalue weighted by Gasteiger charge is 2.20. The molecule has 0 aliphatic rings. The first kappa shape index (κ1) is 14.2. The van der Waals surface area contributed by atoms with Crippen molar-refractivity contribution in [2.45, 2.75) is 19.4 Å². The van der Waals surface area contributed by atoms with E-state index in [0.29, 0.717) is 18.8 Å². The van der Waals surface area contributed by atoms with Crippen LogP contribution in [0.4, 0.5) is 0 Å². The highest BCUT2D eigenvalue weighted by atomic mass is 16.5. The monoisotopic (exact) mass is 218 g/mol. The molecule has 0 aromatic heterocycles. The third-order valence-electron chi connectivity index (χ3n) is 1.92. The zero-order chi connectivity index (χ0) is 11.9. The summed E-state index contributed by atoms with van der Waals surface area (Å²) in [5.74, 6) is 5.70. The Bertz CT molecular complexity index is 206. The van der Waals surface area contributed by atoms with Gasteiger partial charge in [-0.1, -0.05) is 0 Å². The number of hydrazine groups is 1. The third kappa shape index (κ3) is 5.58. The summed E-state index contributed by atoms with van der Waals surface area (Å²) in [7, 11) is 0. The highest BCUT2D eigenvalue weighted by Crippen LogP contribution is 2.09. The number of aliphatic hydroxyl groups is 1. The standard InChI is InChI=1S/C9H22N4O2/c1-9(2,7-14)13(12)5-8(11)6-15-4-3-10/h5,14H,3-4,6-7,10-12H2,1-2H3/b8-5-. The quantitative estimate of drug-likeness (QED) is 0.240. The predicted octanol–water partition coefficient (Wildman–Crippen LogP) is -1.29. The molecule has 0 rings (SSSR count). The molecule has 0 aromatic carbocycles. The Labute approximate surface area is 90.6 Å². The van der Waals surface area contributed by atoms with Crippen molar-refractivity contribution in [1.82, 2.24) is 5.01 Å². The zero-order valence-electron chi connectivity index (χ0n) is 9.44. The van der Waals surface area contributed by atoms with Crippen LogP contribution < -0.4 is 17.3 Å². The summed E-state index contributed by atoms with van der Waals surface area (Å²) in [5.41, 5.74) is 10.9. The Morgan fingerprint density at radius 3 is 2.60 bits per heavy atom. The van der Waals surface area contributed by atoms with E-state index < -0.39 is 5.54 Å². The molecule has 6 nitrogen and oxygen atoms in total. The second-order valence-electron chi connectivity index (χ2n) is 3.92. The lowest BCUT2D eigenvalue weighted by Gasteiger charge is -2.32. The van der Waals surface area contributed by atoms with Crippen LogP contribution in [0.15, 0.2) is 11.9 Å². The van der Waals surface area contributed by atoms with E-state index in [1.807, 2.05) is 0 Å². The first-order valence-electron chi connectivity index (χ1n) is 4.83. The average molecular weight is 218 g/mol. The number of hydrogen-bond acceptors (Lipinski definition) is 6. The number of ether oxygens (including phenoxy) is 1.